The molecule has 2 aromatic heterocycles. The molecule has 2 aromatic rings. The summed E-state index contributed by atoms with van der Waals surface area (Å²) in [5.74, 6) is 1.57. The van der Waals surface area contributed by atoms with Crippen molar-refractivity contribution in [3.8, 4) is 10.7 Å². The Labute approximate surface area is 131 Å². The minimum absolute atomic E-state index is 0.318. The molecule has 1 saturated heterocycles. The van der Waals surface area contributed by atoms with Gasteiger partial charge in [-0.15, -0.1) is 16.4 Å². The third-order valence-electron chi connectivity index (χ3n) is 3.17. The van der Waals surface area contributed by atoms with Crippen LogP contribution in [0.1, 0.15) is 12.8 Å². The molecule has 0 spiro atoms. The van der Waals surface area contributed by atoms with Crippen molar-refractivity contribution in [1.29, 1.82) is 0 Å². The van der Waals surface area contributed by atoms with Gasteiger partial charge in [0, 0.05) is 23.6 Å². The van der Waals surface area contributed by atoms with Gasteiger partial charge < -0.3 is 10.6 Å². The van der Waals surface area contributed by atoms with Gasteiger partial charge >= 0.3 is 0 Å². The SMILES string of the molecule is NC1CCN(c2n[nH]c(-c3cc(Br)c(Br)s3)n2)CC1. The first-order valence-corrected chi connectivity index (χ1v) is 8.42. The van der Waals surface area contributed by atoms with Gasteiger partial charge in [-0.1, -0.05) is 0 Å². The van der Waals surface area contributed by atoms with Crippen molar-refractivity contribution in [1.82, 2.24) is 15.2 Å². The first-order valence-electron chi connectivity index (χ1n) is 6.01. The van der Waals surface area contributed by atoms with Crippen LogP contribution in [0.15, 0.2) is 14.3 Å². The Hall–Kier alpha value is -0.440. The maximum absolute atomic E-state index is 5.91. The number of nitrogens with one attached hydrogen (secondary N) is 1. The van der Waals surface area contributed by atoms with Gasteiger partial charge in [0.1, 0.15) is 0 Å². The van der Waals surface area contributed by atoms with Crippen LogP contribution in [0, 0.1) is 0 Å². The molecule has 1 aliphatic rings. The number of anilines is 1. The van der Waals surface area contributed by atoms with Crippen LogP contribution in [0.4, 0.5) is 5.95 Å². The highest BCUT2D eigenvalue weighted by Gasteiger charge is 2.20. The predicted molar refractivity (Wildman–Crippen MR) is 84.5 cm³/mol. The van der Waals surface area contributed by atoms with E-state index >= 15 is 0 Å². The van der Waals surface area contributed by atoms with E-state index in [0.29, 0.717) is 6.04 Å². The smallest absolute Gasteiger partial charge is 0.245 e. The second kappa shape index (κ2) is 5.51. The molecule has 0 aromatic carbocycles. The number of nitrogens with zero attached hydrogens (tertiary/aromatic N) is 3. The number of halogens is 2. The van der Waals surface area contributed by atoms with Gasteiger partial charge in [-0.25, -0.2) is 0 Å². The lowest BCUT2D eigenvalue weighted by Gasteiger charge is -2.28. The van der Waals surface area contributed by atoms with Crippen molar-refractivity contribution in [2.75, 3.05) is 18.0 Å². The third-order valence-corrected chi connectivity index (χ3v) is 6.44. The Morgan fingerprint density at radius 3 is 2.74 bits per heavy atom. The van der Waals surface area contributed by atoms with Crippen LogP contribution in [0.3, 0.4) is 0 Å². The fourth-order valence-corrected chi connectivity index (χ4v) is 4.04. The molecular weight excluding hydrogens is 394 g/mol. The number of thiophene rings is 1. The Morgan fingerprint density at radius 2 is 2.11 bits per heavy atom. The summed E-state index contributed by atoms with van der Waals surface area (Å²) in [4.78, 5) is 7.81. The van der Waals surface area contributed by atoms with Crippen molar-refractivity contribution >= 4 is 49.1 Å². The Morgan fingerprint density at radius 1 is 1.37 bits per heavy atom. The molecule has 0 saturated carbocycles. The molecule has 0 atom stereocenters. The van der Waals surface area contributed by atoms with Crippen molar-refractivity contribution in [3.63, 3.8) is 0 Å². The van der Waals surface area contributed by atoms with E-state index in [2.05, 4.69) is 51.9 Å². The zero-order valence-electron chi connectivity index (χ0n) is 10.1. The first-order chi connectivity index (χ1) is 9.13. The topological polar surface area (TPSA) is 70.8 Å². The fraction of sp³-hybridized carbons (Fsp3) is 0.455. The first kappa shape index (κ1) is 13.5. The van der Waals surface area contributed by atoms with E-state index < -0.39 is 0 Å². The van der Waals surface area contributed by atoms with Crippen molar-refractivity contribution in [2.24, 2.45) is 5.73 Å². The average Bonchev–Trinajstić information content (AvgIpc) is 2.99. The highest BCUT2D eigenvalue weighted by atomic mass is 79.9. The summed E-state index contributed by atoms with van der Waals surface area (Å²) >= 11 is 8.59. The van der Waals surface area contributed by atoms with E-state index in [-0.39, 0.29) is 0 Å². The number of aromatic nitrogens is 3. The molecule has 3 heterocycles. The number of hydrogen-bond donors (Lipinski definition) is 2. The Balaban J connectivity index is 1.79. The van der Waals surface area contributed by atoms with Crippen LogP contribution < -0.4 is 10.6 Å². The van der Waals surface area contributed by atoms with E-state index in [4.69, 9.17) is 5.73 Å². The molecule has 0 amide bonds. The van der Waals surface area contributed by atoms with E-state index in [0.717, 1.165) is 50.8 Å². The monoisotopic (exact) mass is 405 g/mol. The molecule has 0 radical (unpaired) electrons. The molecule has 102 valence electrons. The van der Waals surface area contributed by atoms with Crippen LogP contribution in [-0.4, -0.2) is 34.3 Å². The highest BCUT2D eigenvalue weighted by molar-refractivity contribution is 9.13. The number of piperidine rings is 1. The molecule has 3 rings (SSSR count). The van der Waals surface area contributed by atoms with Crippen molar-refractivity contribution in [3.05, 3.63) is 14.3 Å². The lowest BCUT2D eigenvalue weighted by Crippen LogP contribution is -2.40. The number of H-pyrrole nitrogens is 1. The number of rotatable bonds is 2. The standard InChI is InChI=1S/C11H13Br2N5S/c12-7-5-8(19-9(7)13)10-15-11(17-16-10)18-3-1-6(14)2-4-18/h5-6H,1-4,14H2,(H,15,16,17). The van der Waals surface area contributed by atoms with Crippen LogP contribution in [-0.2, 0) is 0 Å². The van der Waals surface area contributed by atoms with E-state index in [1.807, 2.05) is 6.07 Å². The molecule has 0 unspecified atom stereocenters. The van der Waals surface area contributed by atoms with Gasteiger partial charge in [-0.2, -0.15) is 4.98 Å². The van der Waals surface area contributed by atoms with Gasteiger partial charge in [-0.3, -0.25) is 5.10 Å². The van der Waals surface area contributed by atoms with Gasteiger partial charge in [0.15, 0.2) is 5.82 Å². The maximum Gasteiger partial charge on any atom is 0.245 e. The van der Waals surface area contributed by atoms with Gasteiger partial charge in [0.2, 0.25) is 5.95 Å². The quantitative estimate of drug-likeness (QED) is 0.804. The van der Waals surface area contributed by atoms with Gasteiger partial charge in [0.05, 0.1) is 8.66 Å². The Bertz CT molecular complexity index is 554. The third kappa shape index (κ3) is 2.86. The summed E-state index contributed by atoms with van der Waals surface area (Å²) in [6.45, 7) is 1.85. The van der Waals surface area contributed by atoms with Crippen molar-refractivity contribution < 1.29 is 0 Å². The minimum atomic E-state index is 0.318. The van der Waals surface area contributed by atoms with E-state index in [1.165, 1.54) is 0 Å². The zero-order chi connectivity index (χ0) is 13.4. The molecule has 1 fully saturated rings. The lowest BCUT2D eigenvalue weighted by atomic mass is 10.1. The summed E-state index contributed by atoms with van der Waals surface area (Å²) in [5, 5.41) is 7.31. The second-order valence-electron chi connectivity index (χ2n) is 4.54. The summed E-state index contributed by atoms with van der Waals surface area (Å²) < 4.78 is 2.10. The Kier molecular flexibility index (Phi) is 3.93. The largest absolute Gasteiger partial charge is 0.339 e. The molecule has 0 aliphatic carbocycles. The summed E-state index contributed by atoms with van der Waals surface area (Å²) in [6, 6.07) is 2.35. The predicted octanol–water partition coefficient (Wildman–Crippen LogP) is 2.99. The molecule has 19 heavy (non-hydrogen) atoms. The fourth-order valence-electron chi connectivity index (χ4n) is 2.07. The van der Waals surface area contributed by atoms with E-state index in [1.54, 1.807) is 11.3 Å². The minimum Gasteiger partial charge on any atom is -0.339 e. The number of nitrogens with two attached hydrogens (primary N) is 1. The molecule has 0 bridgehead atoms. The van der Waals surface area contributed by atoms with Gasteiger partial charge in [-0.05, 0) is 50.8 Å². The maximum atomic E-state index is 5.91. The highest BCUT2D eigenvalue weighted by Crippen LogP contribution is 2.37. The normalized spacial score (nSPS) is 17.1. The summed E-state index contributed by atoms with van der Waals surface area (Å²) in [6.07, 6.45) is 2.00. The lowest BCUT2D eigenvalue weighted by molar-refractivity contribution is 0.496. The molecular formula is C11H13Br2N5S. The zero-order valence-corrected chi connectivity index (χ0v) is 14.1. The summed E-state index contributed by atoms with van der Waals surface area (Å²) in [7, 11) is 0. The number of aromatic amines is 1. The van der Waals surface area contributed by atoms with Crippen LogP contribution in [0.25, 0.3) is 10.7 Å². The van der Waals surface area contributed by atoms with E-state index in [9.17, 15) is 0 Å². The molecule has 8 heteroatoms. The van der Waals surface area contributed by atoms with Crippen LogP contribution >= 0.6 is 43.2 Å². The molecule has 1 aliphatic heterocycles. The van der Waals surface area contributed by atoms with Crippen molar-refractivity contribution in [2.45, 2.75) is 18.9 Å². The number of hydrogen-bond acceptors (Lipinski definition) is 5. The summed E-state index contributed by atoms with van der Waals surface area (Å²) in [5.41, 5.74) is 5.91. The van der Waals surface area contributed by atoms with Crippen LogP contribution in [0.5, 0.6) is 0 Å². The van der Waals surface area contributed by atoms with Crippen LogP contribution in [0.2, 0.25) is 0 Å². The molecule has 5 nitrogen and oxygen atoms in total. The second-order valence-corrected chi connectivity index (χ2v) is 7.77. The average molecular weight is 407 g/mol. The molecule has 3 N–H and O–H groups in total. The van der Waals surface area contributed by atoms with Gasteiger partial charge in [0.25, 0.3) is 0 Å².